The number of benzene rings is 1. The van der Waals surface area contributed by atoms with Crippen molar-refractivity contribution in [3.05, 3.63) is 30.1 Å². The van der Waals surface area contributed by atoms with Gasteiger partial charge in [-0.05, 0) is 26.0 Å². The lowest BCUT2D eigenvalue weighted by Gasteiger charge is -2.13. The Bertz CT molecular complexity index is 398. The molecule has 5 heteroatoms. The number of hydrogen-bond donors (Lipinski definition) is 2. The second kappa shape index (κ2) is 4.84. The Morgan fingerprint density at radius 1 is 1.20 bits per heavy atom. The van der Waals surface area contributed by atoms with Crippen LogP contribution in [0, 0.1) is 0 Å². The molecule has 0 fully saturated rings. The fraction of sp³-hybridized carbons (Fsp3) is 0.300. The lowest BCUT2D eigenvalue weighted by molar-refractivity contribution is 0.522. The van der Waals surface area contributed by atoms with Crippen molar-refractivity contribution in [2.45, 2.75) is 19.4 Å². The molecule has 0 aliphatic heterocycles. The molecule has 3 nitrogen and oxygen atoms in total. The molecule has 1 aromatic heterocycles. The van der Waals surface area contributed by atoms with Crippen LogP contribution in [0.4, 0.5) is 0 Å². The van der Waals surface area contributed by atoms with Crippen LogP contribution >= 0.6 is 24.8 Å². The first-order chi connectivity index (χ1) is 6.07. The second-order valence-corrected chi connectivity index (χ2v) is 3.82. The molecule has 0 atom stereocenters. The maximum absolute atomic E-state index is 5.93. The Morgan fingerprint density at radius 2 is 1.80 bits per heavy atom. The van der Waals surface area contributed by atoms with E-state index in [-0.39, 0.29) is 24.8 Å². The number of aromatic amines is 1. The Balaban J connectivity index is 0.000000980. The second-order valence-electron chi connectivity index (χ2n) is 3.82. The highest BCUT2D eigenvalue weighted by Crippen LogP contribution is 2.17. The summed E-state index contributed by atoms with van der Waals surface area (Å²) < 4.78 is 0. The molecule has 0 saturated carbocycles. The summed E-state index contributed by atoms with van der Waals surface area (Å²) in [6.45, 7) is 3.87. The third-order valence-electron chi connectivity index (χ3n) is 2.00. The largest absolute Gasteiger partial charge is 0.340 e. The molecule has 15 heavy (non-hydrogen) atoms. The third-order valence-corrected chi connectivity index (χ3v) is 2.00. The molecule has 0 spiro atoms. The van der Waals surface area contributed by atoms with E-state index in [0.717, 1.165) is 16.9 Å². The van der Waals surface area contributed by atoms with Crippen molar-refractivity contribution in [3.63, 3.8) is 0 Å². The molecule has 0 radical (unpaired) electrons. The van der Waals surface area contributed by atoms with E-state index in [1.165, 1.54) is 0 Å². The van der Waals surface area contributed by atoms with Gasteiger partial charge < -0.3 is 10.7 Å². The van der Waals surface area contributed by atoms with Crippen LogP contribution in [0.2, 0.25) is 0 Å². The normalized spacial score (nSPS) is 10.6. The van der Waals surface area contributed by atoms with Gasteiger partial charge in [-0.3, -0.25) is 0 Å². The van der Waals surface area contributed by atoms with Crippen molar-refractivity contribution >= 4 is 35.8 Å². The highest BCUT2D eigenvalue weighted by molar-refractivity contribution is 5.85. The van der Waals surface area contributed by atoms with E-state index in [4.69, 9.17) is 5.73 Å². The number of hydrogen-bond acceptors (Lipinski definition) is 2. The maximum atomic E-state index is 5.93. The van der Waals surface area contributed by atoms with Gasteiger partial charge in [0.1, 0.15) is 5.82 Å². The highest BCUT2D eigenvalue weighted by atomic mass is 35.5. The summed E-state index contributed by atoms with van der Waals surface area (Å²) in [7, 11) is 0. The minimum atomic E-state index is -0.404. The zero-order valence-corrected chi connectivity index (χ0v) is 10.3. The number of nitrogens with two attached hydrogens (primary N) is 1. The molecule has 0 saturated heterocycles. The van der Waals surface area contributed by atoms with Crippen molar-refractivity contribution in [1.29, 1.82) is 0 Å². The summed E-state index contributed by atoms with van der Waals surface area (Å²) in [5.41, 5.74) is 7.53. The van der Waals surface area contributed by atoms with E-state index in [0.29, 0.717) is 0 Å². The summed E-state index contributed by atoms with van der Waals surface area (Å²) in [6, 6.07) is 7.92. The number of H-pyrrole nitrogens is 1. The minimum Gasteiger partial charge on any atom is -0.340 e. The molecule has 1 heterocycles. The van der Waals surface area contributed by atoms with Crippen LogP contribution in [-0.2, 0) is 5.54 Å². The smallest absolute Gasteiger partial charge is 0.126 e. The van der Waals surface area contributed by atoms with E-state index in [2.05, 4.69) is 9.97 Å². The minimum absolute atomic E-state index is 0. The van der Waals surface area contributed by atoms with Gasteiger partial charge in [-0.1, -0.05) is 12.1 Å². The highest BCUT2D eigenvalue weighted by Gasteiger charge is 2.17. The number of halogens is 2. The number of rotatable bonds is 1. The van der Waals surface area contributed by atoms with Gasteiger partial charge in [0.2, 0.25) is 0 Å². The van der Waals surface area contributed by atoms with Crippen LogP contribution in [0.25, 0.3) is 11.0 Å². The van der Waals surface area contributed by atoms with E-state index in [1.807, 2.05) is 38.1 Å². The molecule has 2 aromatic rings. The van der Waals surface area contributed by atoms with Crippen LogP contribution in [0.1, 0.15) is 19.7 Å². The molecule has 3 N–H and O–H groups in total. The predicted octanol–water partition coefficient (Wildman–Crippen LogP) is 2.60. The van der Waals surface area contributed by atoms with E-state index in [9.17, 15) is 0 Å². The molecule has 0 aliphatic carbocycles. The number of aromatic nitrogens is 2. The third kappa shape index (κ3) is 2.84. The molecule has 84 valence electrons. The van der Waals surface area contributed by atoms with Crippen LogP contribution in [0.5, 0.6) is 0 Å². The molecular weight excluding hydrogens is 233 g/mol. The Labute approximate surface area is 101 Å². The summed E-state index contributed by atoms with van der Waals surface area (Å²) in [6.07, 6.45) is 0. The van der Waals surface area contributed by atoms with Crippen LogP contribution in [-0.4, -0.2) is 9.97 Å². The number of imidazole rings is 1. The number of para-hydroxylation sites is 2. The average molecular weight is 248 g/mol. The van der Waals surface area contributed by atoms with Gasteiger partial charge in [-0.15, -0.1) is 24.8 Å². The quantitative estimate of drug-likeness (QED) is 0.814. The van der Waals surface area contributed by atoms with E-state index < -0.39 is 5.54 Å². The van der Waals surface area contributed by atoms with Crippen molar-refractivity contribution < 1.29 is 0 Å². The zero-order valence-electron chi connectivity index (χ0n) is 8.65. The summed E-state index contributed by atoms with van der Waals surface area (Å²) in [5.74, 6) is 0.828. The monoisotopic (exact) mass is 247 g/mol. The first-order valence-electron chi connectivity index (χ1n) is 4.31. The van der Waals surface area contributed by atoms with Crippen LogP contribution < -0.4 is 5.73 Å². The summed E-state index contributed by atoms with van der Waals surface area (Å²) in [4.78, 5) is 7.60. The van der Waals surface area contributed by atoms with Gasteiger partial charge in [0.15, 0.2) is 0 Å². The maximum Gasteiger partial charge on any atom is 0.126 e. The molecule has 0 aliphatic rings. The standard InChI is InChI=1S/C10H13N3.2ClH/c1-10(2,11)9-12-7-5-3-4-6-8(7)13-9;;/h3-6H,11H2,1-2H3,(H,12,13);2*1H. The Morgan fingerprint density at radius 3 is 2.33 bits per heavy atom. The number of fused-ring (bicyclic) bond motifs is 1. The summed E-state index contributed by atoms with van der Waals surface area (Å²) >= 11 is 0. The fourth-order valence-corrected chi connectivity index (χ4v) is 1.26. The van der Waals surface area contributed by atoms with Gasteiger partial charge in [0, 0.05) is 0 Å². The lowest BCUT2D eigenvalue weighted by Crippen LogP contribution is -2.30. The molecular formula is C10H15Cl2N3. The SMILES string of the molecule is CC(C)(N)c1nc2ccccc2[nH]1.Cl.Cl. The Hall–Kier alpha value is -0.770. The van der Waals surface area contributed by atoms with Gasteiger partial charge in [0.05, 0.1) is 16.6 Å². The molecule has 0 bridgehead atoms. The molecule has 1 aromatic carbocycles. The van der Waals surface area contributed by atoms with Crippen LogP contribution in [0.15, 0.2) is 24.3 Å². The average Bonchev–Trinajstić information content (AvgIpc) is 2.45. The molecule has 0 amide bonds. The Kier molecular flexibility index (Phi) is 4.59. The van der Waals surface area contributed by atoms with E-state index >= 15 is 0 Å². The van der Waals surface area contributed by atoms with Crippen molar-refractivity contribution in [3.8, 4) is 0 Å². The van der Waals surface area contributed by atoms with Crippen molar-refractivity contribution in [1.82, 2.24) is 9.97 Å². The van der Waals surface area contributed by atoms with E-state index in [1.54, 1.807) is 0 Å². The zero-order chi connectivity index (χ0) is 9.47. The van der Waals surface area contributed by atoms with Gasteiger partial charge in [0.25, 0.3) is 0 Å². The first kappa shape index (κ1) is 14.2. The topological polar surface area (TPSA) is 54.7 Å². The van der Waals surface area contributed by atoms with Gasteiger partial charge >= 0.3 is 0 Å². The van der Waals surface area contributed by atoms with Gasteiger partial charge in [-0.25, -0.2) is 4.98 Å². The van der Waals surface area contributed by atoms with Crippen molar-refractivity contribution in [2.75, 3.05) is 0 Å². The summed E-state index contributed by atoms with van der Waals surface area (Å²) in [5, 5.41) is 0. The number of nitrogens with one attached hydrogen (secondary N) is 1. The molecule has 2 rings (SSSR count). The first-order valence-corrected chi connectivity index (χ1v) is 4.31. The van der Waals surface area contributed by atoms with Crippen molar-refractivity contribution in [2.24, 2.45) is 5.73 Å². The lowest BCUT2D eigenvalue weighted by atomic mass is 10.1. The van der Waals surface area contributed by atoms with Gasteiger partial charge in [-0.2, -0.15) is 0 Å². The number of nitrogens with zero attached hydrogens (tertiary/aromatic N) is 1. The van der Waals surface area contributed by atoms with Crippen LogP contribution in [0.3, 0.4) is 0 Å². The predicted molar refractivity (Wildman–Crippen MR) is 67.8 cm³/mol. The fourth-order valence-electron chi connectivity index (χ4n) is 1.26. The molecule has 0 unspecified atom stereocenters.